The molecule has 3 rings (SSSR count). The zero-order valence-corrected chi connectivity index (χ0v) is 13.2. The smallest absolute Gasteiger partial charge is 0.267 e. The van der Waals surface area contributed by atoms with Crippen LogP contribution in [0.3, 0.4) is 0 Å². The summed E-state index contributed by atoms with van der Waals surface area (Å²) in [5.41, 5.74) is 0.947. The maximum absolute atomic E-state index is 12.2. The number of halogens is 1. The zero-order valence-electron chi connectivity index (χ0n) is 11.6. The lowest BCUT2D eigenvalue weighted by Gasteiger charge is -2.08. The summed E-state index contributed by atoms with van der Waals surface area (Å²) in [5.74, 6) is 0.788. The lowest BCUT2D eigenvalue weighted by atomic mass is 10.1. The molecule has 21 heavy (non-hydrogen) atoms. The quantitative estimate of drug-likeness (QED) is 0.941. The molecule has 110 valence electrons. The third-order valence-corrected chi connectivity index (χ3v) is 4.53. The predicted molar refractivity (Wildman–Crippen MR) is 82.2 cm³/mol. The molecule has 7 heteroatoms. The number of carbonyl (C=O) groups is 1. The van der Waals surface area contributed by atoms with Gasteiger partial charge in [-0.3, -0.25) is 10.1 Å². The molecule has 0 spiro atoms. The number of hydrogen-bond donors (Lipinski definition) is 1. The fourth-order valence-corrected chi connectivity index (χ4v) is 3.01. The van der Waals surface area contributed by atoms with Gasteiger partial charge < -0.3 is 4.74 Å². The molecule has 1 atom stereocenters. The molecule has 1 aromatic heterocycles. The summed E-state index contributed by atoms with van der Waals surface area (Å²) < 4.78 is 5.64. The molecule has 0 fully saturated rings. The van der Waals surface area contributed by atoms with Crippen LogP contribution in [0, 0.1) is 0 Å². The Hall–Kier alpha value is -1.66. The molecule has 0 unspecified atom stereocenters. The van der Waals surface area contributed by atoms with E-state index < -0.39 is 6.10 Å². The Morgan fingerprint density at radius 1 is 1.48 bits per heavy atom. The van der Waals surface area contributed by atoms with Crippen molar-refractivity contribution in [3.8, 4) is 5.75 Å². The van der Waals surface area contributed by atoms with Gasteiger partial charge in [0.25, 0.3) is 5.91 Å². The van der Waals surface area contributed by atoms with E-state index in [2.05, 4.69) is 15.5 Å². The van der Waals surface area contributed by atoms with Crippen LogP contribution in [0.2, 0.25) is 5.02 Å². The van der Waals surface area contributed by atoms with Gasteiger partial charge in [0.15, 0.2) is 6.10 Å². The Morgan fingerprint density at radius 2 is 2.29 bits per heavy atom. The molecule has 0 saturated carbocycles. The average Bonchev–Trinajstić information content (AvgIpc) is 3.04. The molecule has 0 aliphatic carbocycles. The van der Waals surface area contributed by atoms with Crippen molar-refractivity contribution in [2.45, 2.75) is 32.3 Å². The van der Waals surface area contributed by atoms with E-state index in [0.717, 1.165) is 10.6 Å². The van der Waals surface area contributed by atoms with Crippen molar-refractivity contribution in [3.05, 3.63) is 33.8 Å². The third-order valence-electron chi connectivity index (χ3n) is 3.15. The second kappa shape index (κ2) is 5.61. The van der Waals surface area contributed by atoms with Gasteiger partial charge in [-0.05, 0) is 23.8 Å². The summed E-state index contributed by atoms with van der Waals surface area (Å²) in [4.78, 5) is 12.2. The number of nitrogens with one attached hydrogen (secondary N) is 1. The third kappa shape index (κ3) is 3.01. The van der Waals surface area contributed by atoms with E-state index in [-0.39, 0.29) is 5.91 Å². The average molecular weight is 324 g/mol. The molecule has 2 heterocycles. The predicted octanol–water partition coefficient (Wildman–Crippen LogP) is 3.26. The number of nitrogens with zero attached hydrogens (tertiary/aromatic N) is 2. The molecule has 1 N–H and O–H groups in total. The number of ether oxygens (including phenoxy) is 1. The highest BCUT2D eigenvalue weighted by atomic mass is 35.5. The van der Waals surface area contributed by atoms with Crippen LogP contribution in [0.15, 0.2) is 18.2 Å². The monoisotopic (exact) mass is 323 g/mol. The van der Waals surface area contributed by atoms with Crippen molar-refractivity contribution in [1.82, 2.24) is 10.2 Å². The van der Waals surface area contributed by atoms with Gasteiger partial charge in [0.1, 0.15) is 10.8 Å². The molecule has 0 radical (unpaired) electrons. The number of benzene rings is 1. The van der Waals surface area contributed by atoms with E-state index in [1.54, 1.807) is 12.1 Å². The van der Waals surface area contributed by atoms with E-state index in [1.165, 1.54) is 11.3 Å². The van der Waals surface area contributed by atoms with Crippen molar-refractivity contribution < 1.29 is 9.53 Å². The second-order valence-electron chi connectivity index (χ2n) is 5.15. The molecular formula is C14H14ClN3O2S. The first kappa shape index (κ1) is 14.3. The highest BCUT2D eigenvalue weighted by Gasteiger charge is 2.29. The minimum absolute atomic E-state index is 0.214. The van der Waals surface area contributed by atoms with Crippen molar-refractivity contribution >= 4 is 34.0 Å². The number of hydrogen-bond acceptors (Lipinski definition) is 5. The Morgan fingerprint density at radius 3 is 3.00 bits per heavy atom. The van der Waals surface area contributed by atoms with Gasteiger partial charge in [0.05, 0.1) is 0 Å². The van der Waals surface area contributed by atoms with E-state index in [9.17, 15) is 4.79 Å². The summed E-state index contributed by atoms with van der Waals surface area (Å²) in [7, 11) is 0. The van der Waals surface area contributed by atoms with Gasteiger partial charge in [0.2, 0.25) is 5.13 Å². The largest absolute Gasteiger partial charge is 0.480 e. The molecule has 0 saturated heterocycles. The first-order chi connectivity index (χ1) is 10.0. The standard InChI is InChI=1S/C14H14ClN3O2S/c1-7(2)13-17-18-14(21-13)16-12(19)11-6-8-5-9(15)3-4-10(8)20-11/h3-5,7,11H,6H2,1-2H3,(H,16,18,19)/t11-/m1/s1. The number of carbonyl (C=O) groups excluding carboxylic acids is 1. The van der Waals surface area contributed by atoms with Gasteiger partial charge in [-0.1, -0.05) is 36.8 Å². The first-order valence-electron chi connectivity index (χ1n) is 6.62. The number of anilines is 1. The number of rotatable bonds is 3. The van der Waals surface area contributed by atoms with Gasteiger partial charge in [-0.15, -0.1) is 10.2 Å². The molecule has 1 aliphatic rings. The van der Waals surface area contributed by atoms with Crippen molar-refractivity contribution in [3.63, 3.8) is 0 Å². The number of fused-ring (bicyclic) bond motifs is 1. The van der Waals surface area contributed by atoms with Crippen LogP contribution in [-0.4, -0.2) is 22.2 Å². The second-order valence-corrected chi connectivity index (χ2v) is 6.60. The molecule has 2 aromatic rings. The molecule has 1 aliphatic heterocycles. The SMILES string of the molecule is CC(C)c1nnc(NC(=O)[C@H]2Cc3cc(Cl)ccc3O2)s1. The summed E-state index contributed by atoms with van der Waals surface area (Å²) in [6.07, 6.45) is -0.0396. The van der Waals surface area contributed by atoms with Crippen LogP contribution >= 0.6 is 22.9 Å². The number of amides is 1. The van der Waals surface area contributed by atoms with Crippen LogP contribution in [0.4, 0.5) is 5.13 Å². The minimum atomic E-state index is -0.551. The van der Waals surface area contributed by atoms with E-state index in [0.29, 0.717) is 28.2 Å². The lowest BCUT2D eigenvalue weighted by Crippen LogP contribution is -2.31. The van der Waals surface area contributed by atoms with Crippen LogP contribution in [0.25, 0.3) is 0 Å². The Labute approximate surface area is 131 Å². The van der Waals surface area contributed by atoms with Gasteiger partial charge in [0, 0.05) is 17.4 Å². The van der Waals surface area contributed by atoms with Crippen LogP contribution in [-0.2, 0) is 11.2 Å². The van der Waals surface area contributed by atoms with Crippen LogP contribution in [0.5, 0.6) is 5.75 Å². The molecule has 1 aromatic carbocycles. The molecule has 5 nitrogen and oxygen atoms in total. The molecular weight excluding hydrogens is 310 g/mol. The maximum atomic E-state index is 12.2. The van der Waals surface area contributed by atoms with Gasteiger partial charge in [-0.25, -0.2) is 0 Å². The lowest BCUT2D eigenvalue weighted by molar-refractivity contribution is -0.122. The summed E-state index contributed by atoms with van der Waals surface area (Å²) >= 11 is 7.32. The summed E-state index contributed by atoms with van der Waals surface area (Å²) in [6.45, 7) is 4.07. The molecule has 0 bridgehead atoms. The van der Waals surface area contributed by atoms with Gasteiger partial charge in [-0.2, -0.15) is 0 Å². The number of aromatic nitrogens is 2. The van der Waals surface area contributed by atoms with E-state index in [4.69, 9.17) is 16.3 Å². The Balaban J connectivity index is 1.67. The van der Waals surface area contributed by atoms with Crippen molar-refractivity contribution in [2.75, 3.05) is 5.32 Å². The normalized spacial score (nSPS) is 16.7. The van der Waals surface area contributed by atoms with Crippen LogP contribution in [0.1, 0.15) is 30.3 Å². The molecule has 1 amide bonds. The topological polar surface area (TPSA) is 64.1 Å². The summed E-state index contributed by atoms with van der Waals surface area (Å²) in [6, 6.07) is 5.36. The first-order valence-corrected chi connectivity index (χ1v) is 7.81. The van der Waals surface area contributed by atoms with E-state index in [1.807, 2.05) is 19.9 Å². The minimum Gasteiger partial charge on any atom is -0.480 e. The van der Waals surface area contributed by atoms with Gasteiger partial charge >= 0.3 is 0 Å². The highest BCUT2D eigenvalue weighted by Crippen LogP contribution is 2.31. The van der Waals surface area contributed by atoms with Crippen molar-refractivity contribution in [2.24, 2.45) is 0 Å². The Bertz CT molecular complexity index is 687. The highest BCUT2D eigenvalue weighted by molar-refractivity contribution is 7.15. The van der Waals surface area contributed by atoms with E-state index >= 15 is 0 Å². The fourth-order valence-electron chi connectivity index (χ4n) is 2.07. The Kier molecular flexibility index (Phi) is 3.82. The fraction of sp³-hybridized carbons (Fsp3) is 0.357. The zero-order chi connectivity index (χ0) is 15.0. The van der Waals surface area contributed by atoms with Crippen molar-refractivity contribution in [1.29, 1.82) is 0 Å². The summed E-state index contributed by atoms with van der Waals surface area (Å²) in [5, 5.41) is 12.8. The van der Waals surface area contributed by atoms with Crippen LogP contribution < -0.4 is 10.1 Å². The maximum Gasteiger partial charge on any atom is 0.267 e.